The first kappa shape index (κ1) is 20.4. The summed E-state index contributed by atoms with van der Waals surface area (Å²) >= 11 is 6.22. The van der Waals surface area contributed by atoms with Crippen LogP contribution in [-0.2, 0) is 15.6 Å². The van der Waals surface area contributed by atoms with Gasteiger partial charge in [0.2, 0.25) is 0 Å². The van der Waals surface area contributed by atoms with E-state index < -0.39 is 7.37 Å². The van der Waals surface area contributed by atoms with Crippen LogP contribution in [0, 0.1) is 0 Å². The van der Waals surface area contributed by atoms with Crippen LogP contribution < -0.4 is 15.9 Å². The number of fused-ring (bicyclic) bond motifs is 1. The lowest BCUT2D eigenvalue weighted by molar-refractivity contribution is 0.0947. The molecule has 1 atom stereocenters. The highest BCUT2D eigenvalue weighted by Gasteiger charge is 2.35. The van der Waals surface area contributed by atoms with Crippen molar-refractivity contribution < 1.29 is 13.9 Å². The summed E-state index contributed by atoms with van der Waals surface area (Å²) in [6.07, 6.45) is 0. The van der Waals surface area contributed by atoms with Crippen molar-refractivity contribution in [2.75, 3.05) is 7.11 Å². The molecular weight excluding hydrogens is 419 g/mol. The summed E-state index contributed by atoms with van der Waals surface area (Å²) in [5, 5.41) is 4.80. The van der Waals surface area contributed by atoms with Gasteiger partial charge in [0.25, 0.3) is 13.3 Å². The van der Waals surface area contributed by atoms with Crippen molar-refractivity contribution in [3.8, 4) is 0 Å². The molecule has 7 heteroatoms. The second kappa shape index (κ2) is 8.49. The largest absolute Gasteiger partial charge is 0.350 e. The van der Waals surface area contributed by atoms with Gasteiger partial charge in [-0.1, -0.05) is 60.1 Å². The number of amides is 1. The number of rotatable bonds is 6. The Kier molecular flexibility index (Phi) is 5.78. The van der Waals surface area contributed by atoms with E-state index in [1.54, 1.807) is 42.5 Å². The van der Waals surface area contributed by atoms with Gasteiger partial charge in [0, 0.05) is 34.9 Å². The number of halogens is 1. The van der Waals surface area contributed by atoms with Gasteiger partial charge in [-0.25, -0.2) is 0 Å². The van der Waals surface area contributed by atoms with Crippen LogP contribution in [0.15, 0.2) is 78.9 Å². The van der Waals surface area contributed by atoms with Crippen LogP contribution in [-0.4, -0.2) is 18.0 Å². The van der Waals surface area contributed by atoms with Gasteiger partial charge < -0.3 is 14.8 Å². The molecule has 0 aliphatic carbocycles. The molecule has 4 aromatic rings. The molecule has 0 aliphatic heterocycles. The van der Waals surface area contributed by atoms with Crippen LogP contribution in [0.2, 0.25) is 5.02 Å². The van der Waals surface area contributed by atoms with E-state index >= 15 is 0 Å². The summed E-state index contributed by atoms with van der Waals surface area (Å²) < 4.78 is 19.7. The van der Waals surface area contributed by atoms with Gasteiger partial charge in [-0.2, -0.15) is 0 Å². The lowest BCUT2D eigenvalue weighted by atomic mass is 10.2. The van der Waals surface area contributed by atoms with E-state index in [4.69, 9.17) is 16.1 Å². The summed E-state index contributed by atoms with van der Waals surface area (Å²) in [4.78, 5) is 16.2. The van der Waals surface area contributed by atoms with Gasteiger partial charge >= 0.3 is 0 Å². The maximum atomic E-state index is 14.1. The first-order valence-electron chi connectivity index (χ1n) is 9.38. The van der Waals surface area contributed by atoms with Gasteiger partial charge in [-0.05, 0) is 35.9 Å². The molecule has 4 rings (SSSR count). The normalized spacial score (nSPS) is 13.1. The Morgan fingerprint density at radius 2 is 1.70 bits per heavy atom. The molecule has 0 spiro atoms. The summed E-state index contributed by atoms with van der Waals surface area (Å²) in [5.41, 5.74) is 1.83. The van der Waals surface area contributed by atoms with Crippen molar-refractivity contribution in [1.29, 1.82) is 0 Å². The number of hydrogen-bond acceptors (Lipinski definition) is 3. The van der Waals surface area contributed by atoms with E-state index in [1.165, 1.54) is 7.11 Å². The summed E-state index contributed by atoms with van der Waals surface area (Å²) in [6.45, 7) is 0.345. The van der Waals surface area contributed by atoms with Crippen LogP contribution in [0.1, 0.15) is 16.1 Å². The smallest absolute Gasteiger partial charge is 0.268 e. The van der Waals surface area contributed by atoms with E-state index in [-0.39, 0.29) is 11.6 Å². The van der Waals surface area contributed by atoms with Crippen molar-refractivity contribution in [3.05, 3.63) is 95.1 Å². The van der Waals surface area contributed by atoms with Crippen LogP contribution in [0.5, 0.6) is 0 Å². The lowest BCUT2D eigenvalue weighted by Crippen LogP contribution is -2.30. The average molecular weight is 439 g/mol. The monoisotopic (exact) mass is 438 g/mol. The van der Waals surface area contributed by atoms with Crippen LogP contribution in [0.3, 0.4) is 0 Å². The molecule has 30 heavy (non-hydrogen) atoms. The predicted molar refractivity (Wildman–Crippen MR) is 121 cm³/mol. The molecular formula is C23H20ClN2O3P. The fourth-order valence-electron chi connectivity index (χ4n) is 3.44. The first-order chi connectivity index (χ1) is 14.5. The molecule has 0 bridgehead atoms. The topological polar surface area (TPSA) is 71.2 Å². The van der Waals surface area contributed by atoms with E-state index in [9.17, 15) is 9.36 Å². The summed E-state index contributed by atoms with van der Waals surface area (Å²) in [5.74, 6) is -0.366. The minimum Gasteiger partial charge on any atom is -0.350 e. The summed E-state index contributed by atoms with van der Waals surface area (Å²) in [6, 6.07) is 23.7. The van der Waals surface area contributed by atoms with Crippen molar-refractivity contribution in [2.24, 2.45) is 0 Å². The average Bonchev–Trinajstić information content (AvgIpc) is 3.17. The number of nitrogens with one attached hydrogen (secondary N) is 2. The predicted octanol–water partition coefficient (Wildman–Crippen LogP) is 4.63. The van der Waals surface area contributed by atoms with Crippen molar-refractivity contribution in [2.45, 2.75) is 6.54 Å². The zero-order chi connectivity index (χ0) is 21.1. The first-order valence-corrected chi connectivity index (χ1v) is 11.4. The maximum Gasteiger partial charge on any atom is 0.268 e. The fourth-order valence-corrected chi connectivity index (χ4v) is 5.78. The van der Waals surface area contributed by atoms with Gasteiger partial charge in [-0.3, -0.25) is 9.36 Å². The van der Waals surface area contributed by atoms with Crippen LogP contribution >= 0.6 is 19.0 Å². The quantitative estimate of drug-likeness (QED) is 0.431. The molecule has 152 valence electrons. The number of H-pyrrole nitrogens is 1. The van der Waals surface area contributed by atoms with Crippen LogP contribution in [0.25, 0.3) is 10.9 Å². The van der Waals surface area contributed by atoms with E-state index in [2.05, 4.69) is 10.3 Å². The molecule has 1 heterocycles. The highest BCUT2D eigenvalue weighted by Crippen LogP contribution is 2.47. The zero-order valence-electron chi connectivity index (χ0n) is 16.3. The third kappa shape index (κ3) is 3.80. The Bertz CT molecular complexity index is 1240. The number of carbonyl (C=O) groups excluding carboxylic acids is 1. The van der Waals surface area contributed by atoms with E-state index in [0.717, 1.165) is 5.56 Å². The van der Waals surface area contributed by atoms with E-state index in [0.29, 0.717) is 33.1 Å². The molecule has 3 aromatic carbocycles. The minimum absolute atomic E-state index is 0.206. The molecule has 1 aromatic heterocycles. The third-order valence-corrected chi connectivity index (χ3v) is 7.68. The van der Waals surface area contributed by atoms with Crippen molar-refractivity contribution in [3.63, 3.8) is 0 Å². The SMILES string of the molecule is COP(=O)(c1ccccc1)c1c(C(=O)NCc2ccccc2)[nH]c2ccc(Cl)cc12. The van der Waals surface area contributed by atoms with Gasteiger partial charge in [0.15, 0.2) is 0 Å². The molecule has 0 fully saturated rings. The molecule has 1 unspecified atom stereocenters. The highest BCUT2D eigenvalue weighted by atomic mass is 35.5. The standard InChI is InChI=1S/C23H20ClN2O3P/c1-29-30(28,18-10-6-3-7-11-18)22-19-14-17(24)12-13-20(19)26-21(22)23(27)25-15-16-8-4-2-5-9-16/h2-14,26H,15H2,1H3,(H,25,27). The Labute approximate surface area is 179 Å². The molecule has 0 radical (unpaired) electrons. The minimum atomic E-state index is -3.56. The Balaban J connectivity index is 1.84. The molecule has 0 saturated heterocycles. The van der Waals surface area contributed by atoms with Gasteiger partial charge in [-0.15, -0.1) is 0 Å². The van der Waals surface area contributed by atoms with E-state index in [1.807, 2.05) is 36.4 Å². The van der Waals surface area contributed by atoms with Crippen LogP contribution in [0.4, 0.5) is 0 Å². The second-order valence-corrected chi connectivity index (χ2v) is 9.64. The number of hydrogen-bond donors (Lipinski definition) is 2. The molecule has 0 saturated carbocycles. The number of carbonyl (C=O) groups is 1. The number of benzene rings is 3. The zero-order valence-corrected chi connectivity index (χ0v) is 17.9. The second-order valence-electron chi connectivity index (χ2n) is 6.78. The molecule has 0 aliphatic rings. The number of aromatic nitrogens is 1. The molecule has 1 amide bonds. The lowest BCUT2D eigenvalue weighted by Gasteiger charge is -2.18. The molecule has 5 nitrogen and oxygen atoms in total. The van der Waals surface area contributed by atoms with Crippen molar-refractivity contribution in [1.82, 2.24) is 10.3 Å². The van der Waals surface area contributed by atoms with Gasteiger partial charge in [0.1, 0.15) is 5.69 Å². The maximum absolute atomic E-state index is 14.1. The van der Waals surface area contributed by atoms with Gasteiger partial charge in [0.05, 0.1) is 5.30 Å². The Morgan fingerprint density at radius 3 is 2.37 bits per heavy atom. The highest BCUT2D eigenvalue weighted by molar-refractivity contribution is 7.75. The molecule has 2 N–H and O–H groups in total. The third-order valence-electron chi connectivity index (χ3n) is 4.90. The van der Waals surface area contributed by atoms with Crippen molar-refractivity contribution >= 4 is 46.4 Å². The Hall–Kier alpha value is -2.85. The Morgan fingerprint density at radius 1 is 1.03 bits per heavy atom. The summed E-state index contributed by atoms with van der Waals surface area (Å²) in [7, 11) is -2.17. The fraction of sp³-hybridized carbons (Fsp3) is 0.0870. The number of aromatic amines is 1.